The molecule has 2 aromatic rings. The highest BCUT2D eigenvalue weighted by molar-refractivity contribution is 7.99. The molecule has 1 aliphatic heterocycles. The van der Waals surface area contributed by atoms with Crippen LogP contribution in [0.5, 0.6) is 0 Å². The van der Waals surface area contributed by atoms with E-state index >= 15 is 0 Å². The van der Waals surface area contributed by atoms with E-state index in [1.54, 1.807) is 13.8 Å². The maximum atomic E-state index is 12.2. The van der Waals surface area contributed by atoms with Gasteiger partial charge < -0.3 is 10.2 Å². The summed E-state index contributed by atoms with van der Waals surface area (Å²) in [6.45, 7) is 5.68. The number of anilines is 1. The van der Waals surface area contributed by atoms with Crippen molar-refractivity contribution in [3.8, 4) is 0 Å². The van der Waals surface area contributed by atoms with E-state index < -0.39 is 4.92 Å². The molecule has 1 fully saturated rings. The summed E-state index contributed by atoms with van der Waals surface area (Å²) in [4.78, 5) is 25.1. The van der Waals surface area contributed by atoms with Gasteiger partial charge in [-0.2, -0.15) is 16.9 Å². The lowest BCUT2D eigenvalue weighted by Gasteiger charge is -2.28. The third-order valence-corrected chi connectivity index (χ3v) is 5.56. The number of hydrogen-bond acceptors (Lipinski definition) is 6. The molecular formula is C18H23N5O3S. The highest BCUT2D eigenvalue weighted by atomic mass is 32.2. The molecule has 1 aromatic carbocycles. The average Bonchev–Trinajstić information content (AvgIpc) is 2.94. The Morgan fingerprint density at radius 3 is 2.52 bits per heavy atom. The average molecular weight is 389 g/mol. The molecule has 0 unspecified atom stereocenters. The molecule has 144 valence electrons. The maximum Gasteiger partial charge on any atom is 0.312 e. The second-order valence-electron chi connectivity index (χ2n) is 6.48. The zero-order valence-corrected chi connectivity index (χ0v) is 16.3. The van der Waals surface area contributed by atoms with Crippen LogP contribution in [0.15, 0.2) is 24.3 Å². The number of amides is 1. The summed E-state index contributed by atoms with van der Waals surface area (Å²) in [7, 11) is 0. The zero-order valence-electron chi connectivity index (χ0n) is 15.5. The highest BCUT2D eigenvalue weighted by Crippen LogP contribution is 2.22. The van der Waals surface area contributed by atoms with Gasteiger partial charge in [0.15, 0.2) is 0 Å². The molecule has 8 nitrogen and oxygen atoms in total. The molecule has 0 bridgehead atoms. The van der Waals surface area contributed by atoms with Crippen LogP contribution in [0.25, 0.3) is 0 Å². The second-order valence-corrected chi connectivity index (χ2v) is 7.70. The number of carbonyl (C=O) groups is 1. The van der Waals surface area contributed by atoms with E-state index in [1.807, 2.05) is 23.9 Å². The highest BCUT2D eigenvalue weighted by Gasteiger charge is 2.22. The molecule has 9 heteroatoms. The Balaban J connectivity index is 1.55. The van der Waals surface area contributed by atoms with Crippen LogP contribution in [0.2, 0.25) is 0 Å². The van der Waals surface area contributed by atoms with Gasteiger partial charge in [-0.1, -0.05) is 12.1 Å². The van der Waals surface area contributed by atoms with Crippen molar-refractivity contribution in [2.45, 2.75) is 26.9 Å². The minimum Gasteiger partial charge on any atom is -0.370 e. The SMILES string of the molecule is Cc1nn(CC(=O)NCc2ccc(N3CCSCC3)cc2)c(C)c1[N+](=O)[O-]. The van der Waals surface area contributed by atoms with Crippen molar-refractivity contribution < 1.29 is 9.72 Å². The van der Waals surface area contributed by atoms with Gasteiger partial charge in [-0.15, -0.1) is 0 Å². The van der Waals surface area contributed by atoms with Crippen molar-refractivity contribution in [1.82, 2.24) is 15.1 Å². The lowest BCUT2D eigenvalue weighted by Crippen LogP contribution is -2.32. The Labute approximate surface area is 162 Å². The number of nitro groups is 1. The summed E-state index contributed by atoms with van der Waals surface area (Å²) in [5.74, 6) is 2.08. The smallest absolute Gasteiger partial charge is 0.312 e. The Bertz CT molecular complexity index is 828. The number of rotatable bonds is 6. The predicted molar refractivity (Wildman–Crippen MR) is 106 cm³/mol. The van der Waals surface area contributed by atoms with E-state index in [0.29, 0.717) is 17.9 Å². The van der Waals surface area contributed by atoms with Crippen molar-refractivity contribution >= 4 is 29.0 Å². The number of carbonyl (C=O) groups excluding carboxylic acids is 1. The largest absolute Gasteiger partial charge is 0.370 e. The van der Waals surface area contributed by atoms with Gasteiger partial charge in [0.05, 0.1) is 4.92 Å². The first-order valence-corrected chi connectivity index (χ1v) is 9.98. The third-order valence-electron chi connectivity index (χ3n) is 4.62. The summed E-state index contributed by atoms with van der Waals surface area (Å²) in [5, 5.41) is 18.0. The molecule has 0 saturated carbocycles. The number of nitrogens with one attached hydrogen (secondary N) is 1. The normalized spacial score (nSPS) is 14.2. The van der Waals surface area contributed by atoms with Gasteiger partial charge in [0.25, 0.3) is 0 Å². The van der Waals surface area contributed by atoms with Gasteiger partial charge in [0, 0.05) is 36.8 Å². The molecule has 1 saturated heterocycles. The van der Waals surface area contributed by atoms with E-state index in [2.05, 4.69) is 27.4 Å². The van der Waals surface area contributed by atoms with E-state index in [4.69, 9.17) is 0 Å². The molecule has 1 N–H and O–H groups in total. The van der Waals surface area contributed by atoms with Gasteiger partial charge in [-0.3, -0.25) is 19.6 Å². The number of aromatic nitrogens is 2. The molecule has 0 aliphatic carbocycles. The monoisotopic (exact) mass is 389 g/mol. The van der Waals surface area contributed by atoms with Crippen LogP contribution in [0.4, 0.5) is 11.4 Å². The zero-order chi connectivity index (χ0) is 19.4. The van der Waals surface area contributed by atoms with Crippen LogP contribution in [-0.4, -0.2) is 45.2 Å². The van der Waals surface area contributed by atoms with Crippen LogP contribution in [0, 0.1) is 24.0 Å². The van der Waals surface area contributed by atoms with Crippen LogP contribution in [-0.2, 0) is 17.9 Å². The Morgan fingerprint density at radius 1 is 1.26 bits per heavy atom. The second kappa shape index (κ2) is 8.43. The minimum absolute atomic E-state index is 0.0329. The molecule has 1 amide bonds. The molecule has 3 rings (SSSR count). The Morgan fingerprint density at radius 2 is 1.93 bits per heavy atom. The van der Waals surface area contributed by atoms with Crippen LogP contribution < -0.4 is 10.2 Å². The van der Waals surface area contributed by atoms with Crippen LogP contribution in [0.1, 0.15) is 17.0 Å². The van der Waals surface area contributed by atoms with Gasteiger partial charge >= 0.3 is 5.69 Å². The molecule has 1 aliphatic rings. The number of aryl methyl sites for hydroxylation is 1. The van der Waals surface area contributed by atoms with Crippen LogP contribution >= 0.6 is 11.8 Å². The van der Waals surface area contributed by atoms with E-state index in [9.17, 15) is 14.9 Å². The van der Waals surface area contributed by atoms with E-state index in [0.717, 1.165) is 30.2 Å². The quantitative estimate of drug-likeness (QED) is 0.602. The van der Waals surface area contributed by atoms with Gasteiger partial charge in [-0.25, -0.2) is 0 Å². The fourth-order valence-electron chi connectivity index (χ4n) is 3.14. The third kappa shape index (κ3) is 4.60. The lowest BCUT2D eigenvalue weighted by atomic mass is 10.2. The molecule has 0 radical (unpaired) electrons. The van der Waals surface area contributed by atoms with Crippen molar-refractivity contribution in [3.05, 3.63) is 51.3 Å². The lowest BCUT2D eigenvalue weighted by molar-refractivity contribution is -0.386. The first-order valence-electron chi connectivity index (χ1n) is 8.82. The minimum atomic E-state index is -0.464. The molecule has 27 heavy (non-hydrogen) atoms. The Hall–Kier alpha value is -2.55. The van der Waals surface area contributed by atoms with Crippen molar-refractivity contribution in [2.75, 3.05) is 29.5 Å². The van der Waals surface area contributed by atoms with Crippen molar-refractivity contribution in [2.24, 2.45) is 0 Å². The molecule has 1 aromatic heterocycles. The molecule has 2 heterocycles. The number of benzene rings is 1. The predicted octanol–water partition coefficient (Wildman–Crippen LogP) is 2.28. The standard InChI is InChI=1S/C18H23N5O3S/c1-13-18(23(25)26)14(2)22(20-13)12-17(24)19-11-15-3-5-16(6-4-15)21-7-9-27-10-8-21/h3-6H,7-12H2,1-2H3,(H,19,24). The van der Waals surface area contributed by atoms with Crippen LogP contribution in [0.3, 0.4) is 0 Å². The fraction of sp³-hybridized carbons (Fsp3) is 0.444. The summed E-state index contributed by atoms with van der Waals surface area (Å²) in [5.41, 5.74) is 2.89. The first-order chi connectivity index (χ1) is 13.0. The summed E-state index contributed by atoms with van der Waals surface area (Å²) < 4.78 is 1.38. The summed E-state index contributed by atoms with van der Waals surface area (Å²) in [6.07, 6.45) is 0. The van der Waals surface area contributed by atoms with Crippen molar-refractivity contribution in [1.29, 1.82) is 0 Å². The number of nitrogens with zero attached hydrogens (tertiary/aromatic N) is 4. The number of thioether (sulfide) groups is 1. The fourth-order valence-corrected chi connectivity index (χ4v) is 4.05. The molecular weight excluding hydrogens is 366 g/mol. The number of hydrogen-bond donors (Lipinski definition) is 1. The van der Waals surface area contributed by atoms with Gasteiger partial charge in [0.1, 0.15) is 17.9 Å². The topological polar surface area (TPSA) is 93.3 Å². The van der Waals surface area contributed by atoms with Gasteiger partial charge in [0.2, 0.25) is 5.91 Å². The summed E-state index contributed by atoms with van der Waals surface area (Å²) >= 11 is 1.98. The first kappa shape index (κ1) is 19.2. The summed E-state index contributed by atoms with van der Waals surface area (Å²) in [6, 6.07) is 8.21. The van der Waals surface area contributed by atoms with Gasteiger partial charge in [-0.05, 0) is 31.5 Å². The maximum absolute atomic E-state index is 12.2. The van der Waals surface area contributed by atoms with E-state index in [-0.39, 0.29) is 18.1 Å². The Kier molecular flexibility index (Phi) is 6.00. The van der Waals surface area contributed by atoms with Crippen molar-refractivity contribution in [3.63, 3.8) is 0 Å². The molecule has 0 spiro atoms. The molecule has 0 atom stereocenters. The van der Waals surface area contributed by atoms with E-state index in [1.165, 1.54) is 10.4 Å².